The van der Waals surface area contributed by atoms with Gasteiger partial charge in [-0.05, 0) is 86.6 Å². The number of likely N-dealkylation sites (N-methyl/N-ethyl adjacent to an activating group) is 1. The summed E-state index contributed by atoms with van der Waals surface area (Å²) in [7, 11) is 4.14. The van der Waals surface area contributed by atoms with Gasteiger partial charge in [0, 0.05) is 48.7 Å². The van der Waals surface area contributed by atoms with Gasteiger partial charge in [-0.15, -0.1) is 5.53 Å². The Bertz CT molecular complexity index is 1770. The smallest absolute Gasteiger partial charge is 0.335 e. The Labute approximate surface area is 276 Å². The van der Waals surface area contributed by atoms with E-state index < -0.39 is 29.6 Å². The molecule has 1 fully saturated rings. The van der Waals surface area contributed by atoms with Crippen molar-refractivity contribution in [1.29, 1.82) is 0 Å². The molecule has 4 N–H and O–H groups in total. The van der Waals surface area contributed by atoms with E-state index >= 15 is 4.39 Å². The lowest BCUT2D eigenvalue weighted by molar-refractivity contribution is -0.135. The number of carbonyl (C=O) groups is 3. The number of nitrogens with zero attached hydrogens (tertiary/aromatic N) is 5. The number of aromatic carboxylic acids is 1. The molecule has 0 aliphatic carbocycles. The minimum Gasteiger partial charge on any atom is -0.478 e. The maximum atomic E-state index is 15.3. The van der Waals surface area contributed by atoms with Gasteiger partial charge in [0.05, 0.1) is 16.3 Å². The van der Waals surface area contributed by atoms with Crippen LogP contribution in [0.15, 0.2) is 65.8 Å². The second-order valence-corrected chi connectivity index (χ2v) is 12.1. The van der Waals surface area contributed by atoms with Crippen molar-refractivity contribution in [3.05, 3.63) is 93.8 Å². The number of amides is 2. The highest BCUT2D eigenvalue weighted by molar-refractivity contribution is 6.31. The van der Waals surface area contributed by atoms with E-state index in [2.05, 4.69) is 51.4 Å². The van der Waals surface area contributed by atoms with Crippen LogP contribution in [0.5, 0.6) is 0 Å². The summed E-state index contributed by atoms with van der Waals surface area (Å²) in [5, 5.41) is 17.3. The van der Waals surface area contributed by atoms with Crippen LogP contribution in [0.4, 0.5) is 21.5 Å². The SMILES string of the molecule is CN(C)C1CCN(c2cccc3c2CCN(C(=O)/C=C/c2c(N4C=NNN4)ccc(Cl)c2F)[C@H]3C(=O)Nc2ccc(C(=O)O)cc2)C1. The largest absolute Gasteiger partial charge is 0.478 e. The molecule has 0 saturated carbocycles. The average Bonchev–Trinajstić information content (AvgIpc) is 3.78. The number of anilines is 3. The van der Waals surface area contributed by atoms with Gasteiger partial charge in [-0.1, -0.05) is 23.7 Å². The molecule has 3 aliphatic rings. The number of hydrazine groups is 2. The number of hydrogen-bond acceptors (Lipinski definition) is 9. The van der Waals surface area contributed by atoms with Crippen LogP contribution in [-0.4, -0.2) is 78.8 Å². The third-order valence-electron chi connectivity index (χ3n) is 8.73. The topological polar surface area (TPSA) is 133 Å². The Hall–Kier alpha value is -4.98. The maximum Gasteiger partial charge on any atom is 0.335 e. The number of benzene rings is 3. The zero-order valence-corrected chi connectivity index (χ0v) is 26.5. The molecule has 3 aliphatic heterocycles. The molecule has 3 heterocycles. The number of fused-ring (bicyclic) bond motifs is 1. The predicted molar refractivity (Wildman–Crippen MR) is 179 cm³/mol. The Balaban J connectivity index is 1.34. The van der Waals surface area contributed by atoms with Crippen LogP contribution in [0.1, 0.15) is 39.5 Å². The standard InChI is InChI=1S/C33H34ClFN8O4/c1-40(2)22-14-16-41(18-22)27-5-3-4-24-23(27)15-17-42(31(24)32(45)37-21-8-6-20(7-9-21)33(46)47)29(44)13-10-25-28(43-19-36-38-39-43)12-11-26(34)30(25)35/h3-13,19,22,31,38-39H,14-18H2,1-2H3,(H,37,45)(H,46,47)/b13-10+/t22?,31-/m1/s1. The summed E-state index contributed by atoms with van der Waals surface area (Å²) < 4.78 is 15.3. The molecule has 14 heteroatoms. The van der Waals surface area contributed by atoms with Gasteiger partial charge in [0.25, 0.3) is 5.91 Å². The van der Waals surface area contributed by atoms with Crippen molar-refractivity contribution in [2.75, 3.05) is 49.0 Å². The van der Waals surface area contributed by atoms with Crippen LogP contribution in [0.2, 0.25) is 5.02 Å². The van der Waals surface area contributed by atoms with Gasteiger partial charge in [-0.25, -0.2) is 19.7 Å². The molecule has 0 radical (unpaired) electrons. The third-order valence-corrected chi connectivity index (χ3v) is 9.02. The lowest BCUT2D eigenvalue weighted by atomic mass is 9.90. The van der Waals surface area contributed by atoms with Gasteiger partial charge >= 0.3 is 5.97 Å². The molecule has 2 amide bonds. The number of halogens is 2. The Morgan fingerprint density at radius 3 is 2.55 bits per heavy atom. The molecule has 6 rings (SSSR count). The summed E-state index contributed by atoms with van der Waals surface area (Å²) in [5.74, 6) is -2.76. The summed E-state index contributed by atoms with van der Waals surface area (Å²) >= 11 is 6.09. The monoisotopic (exact) mass is 660 g/mol. The number of hydrazone groups is 1. The van der Waals surface area contributed by atoms with E-state index in [4.69, 9.17) is 11.6 Å². The fourth-order valence-corrected chi connectivity index (χ4v) is 6.42. The van der Waals surface area contributed by atoms with Gasteiger partial charge in [0.15, 0.2) is 5.82 Å². The number of hydrogen-bond donors (Lipinski definition) is 4. The van der Waals surface area contributed by atoms with E-state index in [1.54, 1.807) is 6.07 Å². The fraction of sp³-hybridized carbons (Fsp3) is 0.273. The molecule has 3 aromatic rings. The van der Waals surface area contributed by atoms with Gasteiger partial charge in [-0.2, -0.15) is 5.10 Å². The molecule has 47 heavy (non-hydrogen) atoms. The zero-order chi connectivity index (χ0) is 33.2. The molecular formula is C33H34ClFN8O4. The lowest BCUT2D eigenvalue weighted by Gasteiger charge is -2.38. The first-order chi connectivity index (χ1) is 22.6. The fourth-order valence-electron chi connectivity index (χ4n) is 6.25. The third kappa shape index (κ3) is 6.50. The predicted octanol–water partition coefficient (Wildman–Crippen LogP) is 3.87. The summed E-state index contributed by atoms with van der Waals surface area (Å²) in [6.45, 7) is 1.96. The number of carboxylic acids is 1. The van der Waals surface area contributed by atoms with E-state index in [-0.39, 0.29) is 22.7 Å². The molecule has 0 spiro atoms. The van der Waals surface area contributed by atoms with Crippen LogP contribution >= 0.6 is 11.6 Å². The van der Waals surface area contributed by atoms with Crippen molar-refractivity contribution in [2.24, 2.45) is 5.10 Å². The first kappa shape index (κ1) is 32.0. The van der Waals surface area contributed by atoms with E-state index in [1.807, 2.05) is 12.1 Å². The van der Waals surface area contributed by atoms with Crippen LogP contribution in [-0.2, 0) is 16.0 Å². The summed E-state index contributed by atoms with van der Waals surface area (Å²) in [4.78, 5) is 45.3. The Morgan fingerprint density at radius 1 is 1.09 bits per heavy atom. The van der Waals surface area contributed by atoms with Crippen LogP contribution < -0.4 is 26.3 Å². The molecule has 1 unspecified atom stereocenters. The minimum atomic E-state index is -1.08. The summed E-state index contributed by atoms with van der Waals surface area (Å²) in [5.41, 5.74) is 8.91. The van der Waals surface area contributed by atoms with Gasteiger partial charge in [-0.3, -0.25) is 9.59 Å². The number of carboxylic acid groups (broad SMARTS) is 1. The van der Waals surface area contributed by atoms with E-state index in [9.17, 15) is 19.5 Å². The van der Waals surface area contributed by atoms with Crippen LogP contribution in [0.3, 0.4) is 0 Å². The number of nitrogens with one attached hydrogen (secondary N) is 3. The second kappa shape index (κ2) is 13.4. The highest BCUT2D eigenvalue weighted by Crippen LogP contribution is 2.38. The molecule has 2 atom stereocenters. The molecule has 244 valence electrons. The zero-order valence-electron chi connectivity index (χ0n) is 25.8. The van der Waals surface area contributed by atoms with Crippen molar-refractivity contribution in [1.82, 2.24) is 20.9 Å². The quantitative estimate of drug-likeness (QED) is 0.266. The second-order valence-electron chi connectivity index (χ2n) is 11.7. The summed E-state index contributed by atoms with van der Waals surface area (Å²) in [6.07, 6.45) is 5.51. The molecule has 12 nitrogen and oxygen atoms in total. The van der Waals surface area contributed by atoms with E-state index in [0.29, 0.717) is 29.4 Å². The Morgan fingerprint density at radius 2 is 1.87 bits per heavy atom. The molecule has 3 aromatic carbocycles. The molecule has 0 aromatic heterocycles. The molecular weight excluding hydrogens is 627 g/mol. The van der Waals surface area contributed by atoms with E-state index in [1.165, 1.54) is 58.7 Å². The van der Waals surface area contributed by atoms with Crippen LogP contribution in [0, 0.1) is 5.82 Å². The van der Waals surface area contributed by atoms with E-state index in [0.717, 1.165) is 30.8 Å². The first-order valence-electron chi connectivity index (χ1n) is 15.1. The van der Waals surface area contributed by atoms with Gasteiger partial charge in [0.1, 0.15) is 12.4 Å². The molecule has 0 bridgehead atoms. The van der Waals surface area contributed by atoms with Gasteiger partial charge < -0.3 is 25.1 Å². The van der Waals surface area contributed by atoms with Crippen molar-refractivity contribution in [3.63, 3.8) is 0 Å². The Kier molecular flexibility index (Phi) is 9.12. The summed E-state index contributed by atoms with van der Waals surface area (Å²) in [6, 6.07) is 14.0. The maximum absolute atomic E-state index is 15.3. The lowest BCUT2D eigenvalue weighted by Crippen LogP contribution is -2.45. The highest BCUT2D eigenvalue weighted by Gasteiger charge is 2.38. The molecule has 1 saturated heterocycles. The van der Waals surface area contributed by atoms with Crippen molar-refractivity contribution in [3.8, 4) is 0 Å². The van der Waals surface area contributed by atoms with Crippen LogP contribution in [0.25, 0.3) is 6.08 Å². The van der Waals surface area contributed by atoms with Crippen molar-refractivity contribution < 1.29 is 23.9 Å². The van der Waals surface area contributed by atoms with Crippen molar-refractivity contribution in [2.45, 2.75) is 24.9 Å². The van der Waals surface area contributed by atoms with Crippen molar-refractivity contribution >= 4 is 58.9 Å². The van der Waals surface area contributed by atoms with Gasteiger partial charge in [0.2, 0.25) is 5.91 Å². The number of carbonyl (C=O) groups excluding carboxylic acids is 2. The highest BCUT2D eigenvalue weighted by atomic mass is 35.5. The normalized spacial score (nSPS) is 19.0. The minimum absolute atomic E-state index is 0.0530. The number of rotatable bonds is 8. The average molecular weight is 661 g/mol. The first-order valence-corrected chi connectivity index (χ1v) is 15.5.